The molecule has 1 aliphatic carbocycles. The van der Waals surface area contributed by atoms with Crippen molar-refractivity contribution in [3.05, 3.63) is 25.3 Å². The Bertz CT molecular complexity index is 304. The van der Waals surface area contributed by atoms with Crippen molar-refractivity contribution < 1.29 is 19.8 Å². The van der Waals surface area contributed by atoms with Crippen molar-refractivity contribution in [2.75, 3.05) is 0 Å². The van der Waals surface area contributed by atoms with Gasteiger partial charge in [-0.3, -0.25) is 9.59 Å². The van der Waals surface area contributed by atoms with Gasteiger partial charge in [-0.2, -0.15) is 0 Å². The monoisotopic (exact) mass is 196 g/mol. The summed E-state index contributed by atoms with van der Waals surface area (Å²) in [5.74, 6) is -2.60. The molecule has 2 N–H and O–H groups in total. The van der Waals surface area contributed by atoms with Crippen LogP contribution in [0.1, 0.15) is 12.8 Å². The quantitative estimate of drug-likeness (QED) is 0.513. The van der Waals surface area contributed by atoms with Crippen molar-refractivity contribution in [1.82, 2.24) is 0 Å². The summed E-state index contributed by atoms with van der Waals surface area (Å²) in [5, 5.41) is 17.8. The summed E-state index contributed by atoms with van der Waals surface area (Å²) in [4.78, 5) is 21.8. The number of carboxylic acids is 2. The molecule has 0 aromatic carbocycles. The molecule has 0 aliphatic heterocycles. The predicted molar refractivity (Wildman–Crippen MR) is 49.8 cm³/mol. The topological polar surface area (TPSA) is 74.6 Å². The maximum Gasteiger partial charge on any atom is 0.322 e. The molecule has 1 rings (SSSR count). The highest BCUT2D eigenvalue weighted by Gasteiger charge is 2.75. The van der Waals surface area contributed by atoms with Crippen LogP contribution in [0.4, 0.5) is 0 Å². The van der Waals surface area contributed by atoms with Crippen molar-refractivity contribution >= 4 is 11.9 Å². The average Bonchev–Trinajstić information content (AvgIpc) is 2.77. The number of carbonyl (C=O) groups is 2. The van der Waals surface area contributed by atoms with Gasteiger partial charge in [0.05, 0.1) is 0 Å². The first-order valence-corrected chi connectivity index (χ1v) is 4.18. The van der Waals surface area contributed by atoms with Gasteiger partial charge in [0.15, 0.2) is 5.41 Å². The summed E-state index contributed by atoms with van der Waals surface area (Å²) in [6.07, 6.45) is 3.36. The van der Waals surface area contributed by atoms with Crippen molar-refractivity contribution in [3.63, 3.8) is 0 Å². The zero-order chi connectivity index (χ0) is 11.0. The van der Waals surface area contributed by atoms with E-state index in [1.807, 2.05) is 0 Å². The van der Waals surface area contributed by atoms with E-state index < -0.39 is 22.8 Å². The SMILES string of the molecule is C=CCC1(C=C)CC1(C(=O)O)C(=O)O. The van der Waals surface area contributed by atoms with Crippen molar-refractivity contribution in [3.8, 4) is 0 Å². The molecule has 76 valence electrons. The lowest BCUT2D eigenvalue weighted by atomic mass is 9.89. The van der Waals surface area contributed by atoms with Gasteiger partial charge in [-0.1, -0.05) is 12.2 Å². The molecule has 0 amide bonds. The van der Waals surface area contributed by atoms with Crippen LogP contribution in [0.15, 0.2) is 25.3 Å². The summed E-state index contributed by atoms with van der Waals surface area (Å²) in [5.41, 5.74) is -2.55. The second-order valence-corrected chi connectivity index (χ2v) is 3.55. The number of hydrogen-bond donors (Lipinski definition) is 2. The van der Waals surface area contributed by atoms with Gasteiger partial charge in [-0.05, 0) is 12.8 Å². The van der Waals surface area contributed by atoms with E-state index in [2.05, 4.69) is 13.2 Å². The molecular formula is C10H12O4. The van der Waals surface area contributed by atoms with Crippen LogP contribution in [0, 0.1) is 10.8 Å². The zero-order valence-corrected chi connectivity index (χ0v) is 7.69. The summed E-state index contributed by atoms with van der Waals surface area (Å²) in [6, 6.07) is 0. The molecule has 0 heterocycles. The van der Waals surface area contributed by atoms with Crippen LogP contribution >= 0.6 is 0 Å². The van der Waals surface area contributed by atoms with Crippen molar-refractivity contribution in [2.45, 2.75) is 12.8 Å². The van der Waals surface area contributed by atoms with Crippen molar-refractivity contribution in [2.24, 2.45) is 10.8 Å². The second kappa shape index (κ2) is 2.97. The Morgan fingerprint density at radius 3 is 2.00 bits per heavy atom. The first kappa shape index (κ1) is 10.5. The fourth-order valence-electron chi connectivity index (χ4n) is 1.93. The lowest BCUT2D eigenvalue weighted by Crippen LogP contribution is -2.31. The van der Waals surface area contributed by atoms with Crippen LogP contribution in [-0.4, -0.2) is 22.2 Å². The Balaban J connectivity index is 3.09. The van der Waals surface area contributed by atoms with Crippen molar-refractivity contribution in [1.29, 1.82) is 0 Å². The van der Waals surface area contributed by atoms with Crippen LogP contribution in [0.3, 0.4) is 0 Å². The highest BCUT2D eigenvalue weighted by atomic mass is 16.4. The first-order chi connectivity index (χ1) is 6.47. The second-order valence-electron chi connectivity index (χ2n) is 3.55. The molecule has 4 nitrogen and oxygen atoms in total. The van der Waals surface area contributed by atoms with E-state index in [-0.39, 0.29) is 6.42 Å². The van der Waals surface area contributed by atoms with Gasteiger partial charge in [0.25, 0.3) is 0 Å². The van der Waals surface area contributed by atoms with Crippen LogP contribution in [0.25, 0.3) is 0 Å². The smallest absolute Gasteiger partial charge is 0.322 e. The molecule has 1 aliphatic rings. The minimum Gasteiger partial charge on any atom is -0.480 e. The standard InChI is InChI=1S/C10H12O4/c1-3-5-9(4-2)6-10(9,7(11)12)8(13)14/h3-4H,1-2,5-6H2,(H,11,12)(H,13,14). The maximum atomic E-state index is 10.9. The fourth-order valence-corrected chi connectivity index (χ4v) is 1.93. The molecule has 0 aromatic heterocycles. The molecule has 1 atom stereocenters. The molecule has 14 heavy (non-hydrogen) atoms. The predicted octanol–water partition coefficient (Wildman–Crippen LogP) is 1.29. The highest BCUT2D eigenvalue weighted by Crippen LogP contribution is 2.67. The number of allylic oxidation sites excluding steroid dienone is 2. The number of carboxylic acid groups (broad SMARTS) is 2. The van der Waals surface area contributed by atoms with Gasteiger partial charge in [0, 0.05) is 5.41 Å². The maximum absolute atomic E-state index is 10.9. The van der Waals surface area contributed by atoms with Gasteiger partial charge in [-0.15, -0.1) is 13.2 Å². The Morgan fingerprint density at radius 1 is 1.29 bits per heavy atom. The zero-order valence-electron chi connectivity index (χ0n) is 7.69. The van der Waals surface area contributed by atoms with E-state index in [0.29, 0.717) is 6.42 Å². The molecule has 1 unspecified atom stereocenters. The Morgan fingerprint density at radius 2 is 1.79 bits per heavy atom. The summed E-state index contributed by atoms with van der Waals surface area (Å²) < 4.78 is 0. The van der Waals surface area contributed by atoms with Gasteiger partial charge >= 0.3 is 11.9 Å². The molecule has 0 bridgehead atoms. The molecule has 0 radical (unpaired) electrons. The number of aliphatic carboxylic acids is 2. The molecule has 0 spiro atoms. The van der Waals surface area contributed by atoms with E-state index in [1.165, 1.54) is 12.2 Å². The van der Waals surface area contributed by atoms with Crippen LogP contribution in [0.2, 0.25) is 0 Å². The lowest BCUT2D eigenvalue weighted by molar-refractivity contribution is -0.158. The van der Waals surface area contributed by atoms with E-state index in [1.54, 1.807) is 0 Å². The lowest BCUT2D eigenvalue weighted by Gasteiger charge is -2.13. The van der Waals surface area contributed by atoms with Crippen LogP contribution in [0.5, 0.6) is 0 Å². The minimum atomic E-state index is -1.69. The van der Waals surface area contributed by atoms with E-state index in [4.69, 9.17) is 10.2 Å². The number of rotatable bonds is 5. The van der Waals surface area contributed by atoms with Crippen LogP contribution < -0.4 is 0 Å². The van der Waals surface area contributed by atoms with Gasteiger partial charge in [-0.25, -0.2) is 0 Å². The first-order valence-electron chi connectivity index (χ1n) is 4.18. The van der Waals surface area contributed by atoms with E-state index >= 15 is 0 Å². The Labute approximate surface area is 81.6 Å². The molecule has 4 heteroatoms. The molecule has 0 aromatic rings. The molecular weight excluding hydrogens is 184 g/mol. The summed E-state index contributed by atoms with van der Waals surface area (Å²) >= 11 is 0. The molecule has 0 saturated heterocycles. The normalized spacial score (nSPS) is 27.7. The highest BCUT2D eigenvalue weighted by molar-refractivity contribution is 6.03. The van der Waals surface area contributed by atoms with Gasteiger partial charge in [0.1, 0.15) is 0 Å². The Kier molecular flexibility index (Phi) is 2.23. The minimum absolute atomic E-state index is 0.0974. The van der Waals surface area contributed by atoms with Gasteiger partial charge in [0.2, 0.25) is 0 Å². The van der Waals surface area contributed by atoms with E-state index in [9.17, 15) is 9.59 Å². The molecule has 1 fully saturated rings. The fraction of sp³-hybridized carbons (Fsp3) is 0.400. The largest absolute Gasteiger partial charge is 0.480 e. The molecule has 1 saturated carbocycles. The van der Waals surface area contributed by atoms with E-state index in [0.717, 1.165) is 0 Å². The third-order valence-electron chi connectivity index (χ3n) is 2.94. The van der Waals surface area contributed by atoms with Gasteiger partial charge < -0.3 is 10.2 Å². The summed E-state index contributed by atoms with van der Waals surface area (Å²) in [6.45, 7) is 6.98. The summed E-state index contributed by atoms with van der Waals surface area (Å²) in [7, 11) is 0. The third-order valence-corrected chi connectivity index (χ3v) is 2.94. The average molecular weight is 196 g/mol. The Hall–Kier alpha value is -1.58. The van der Waals surface area contributed by atoms with Crippen LogP contribution in [-0.2, 0) is 9.59 Å². The third kappa shape index (κ3) is 0.999. The number of hydrogen-bond acceptors (Lipinski definition) is 2.